The van der Waals surface area contributed by atoms with E-state index in [0.29, 0.717) is 61.2 Å². The molecule has 0 amide bonds. The van der Waals surface area contributed by atoms with E-state index >= 15 is 0 Å². The highest BCUT2D eigenvalue weighted by Gasteiger charge is 2.23. The Morgan fingerprint density at radius 3 is 1.00 bits per heavy atom. The first-order valence-electron chi connectivity index (χ1n) is 22.0. The van der Waals surface area contributed by atoms with Crippen LogP contribution >= 0.6 is 0 Å². The monoisotopic (exact) mass is 799 g/mol. The van der Waals surface area contributed by atoms with Gasteiger partial charge in [-0.15, -0.1) is 0 Å². The molecule has 318 valence electrons. The van der Waals surface area contributed by atoms with Crippen molar-refractivity contribution < 1.29 is 38.1 Å². The van der Waals surface area contributed by atoms with E-state index in [4.69, 9.17) is 18.9 Å². The summed E-state index contributed by atoms with van der Waals surface area (Å²) in [5.74, 6) is -0.141. The quantitative estimate of drug-likeness (QED) is 0.104. The van der Waals surface area contributed by atoms with Gasteiger partial charge in [-0.05, 0) is 98.6 Å². The second-order valence-electron chi connectivity index (χ2n) is 15.9. The van der Waals surface area contributed by atoms with E-state index in [-0.39, 0.29) is 11.1 Å². The summed E-state index contributed by atoms with van der Waals surface area (Å²) in [6, 6.07) is 21.9. The van der Waals surface area contributed by atoms with E-state index in [9.17, 15) is 19.2 Å². The van der Waals surface area contributed by atoms with Crippen LogP contribution in [0.25, 0.3) is 0 Å². The van der Waals surface area contributed by atoms with Crippen LogP contribution in [0.15, 0.2) is 72.8 Å². The summed E-state index contributed by atoms with van der Waals surface area (Å²) in [6.07, 6.45) is 15.8. The zero-order valence-corrected chi connectivity index (χ0v) is 36.2. The van der Waals surface area contributed by atoms with Crippen molar-refractivity contribution in [2.24, 2.45) is 23.7 Å². The van der Waals surface area contributed by atoms with E-state index < -0.39 is 23.9 Å². The fraction of sp³-hybridized carbons (Fsp3) is 0.560. The number of esters is 4. The maximum Gasteiger partial charge on any atom is 0.339 e. The molecule has 58 heavy (non-hydrogen) atoms. The predicted octanol–water partition coefficient (Wildman–Crippen LogP) is 12.3. The SMILES string of the molecule is CCC(CC)COC(=O)c1ccccc1C(=O)OCC(CC)CC.Cc1ccccc1C.O=C(OCC1CCCCC1)c1ccccc1C(=O)OCC1CCCCC1. The van der Waals surface area contributed by atoms with Crippen molar-refractivity contribution in [3.8, 4) is 0 Å². The van der Waals surface area contributed by atoms with E-state index in [0.717, 1.165) is 51.4 Å². The fourth-order valence-electron chi connectivity index (χ4n) is 7.18. The average Bonchev–Trinajstić information content (AvgIpc) is 3.27. The van der Waals surface area contributed by atoms with Gasteiger partial charge in [0.15, 0.2) is 0 Å². The van der Waals surface area contributed by atoms with Crippen molar-refractivity contribution in [1.82, 2.24) is 0 Å². The van der Waals surface area contributed by atoms with Gasteiger partial charge in [0.05, 0.1) is 48.7 Å². The first-order chi connectivity index (χ1) is 28.1. The number of aryl methyl sites for hydroxylation is 2. The molecular formula is C50H70O8. The topological polar surface area (TPSA) is 105 Å². The highest BCUT2D eigenvalue weighted by Crippen LogP contribution is 2.26. The van der Waals surface area contributed by atoms with Gasteiger partial charge in [0.2, 0.25) is 0 Å². The molecule has 3 aromatic carbocycles. The van der Waals surface area contributed by atoms with Gasteiger partial charge in [-0.2, -0.15) is 0 Å². The minimum Gasteiger partial charge on any atom is -0.462 e. The molecule has 5 rings (SSSR count). The number of benzene rings is 3. The van der Waals surface area contributed by atoms with Crippen molar-refractivity contribution in [3.05, 3.63) is 106 Å². The fourth-order valence-corrected chi connectivity index (χ4v) is 7.18. The number of hydrogen-bond donors (Lipinski definition) is 0. The molecule has 2 aliphatic rings. The Balaban J connectivity index is 0.000000261. The third-order valence-corrected chi connectivity index (χ3v) is 11.7. The summed E-state index contributed by atoms with van der Waals surface area (Å²) in [4.78, 5) is 49.6. The lowest BCUT2D eigenvalue weighted by molar-refractivity contribution is 0.0364. The molecule has 0 N–H and O–H groups in total. The van der Waals surface area contributed by atoms with Crippen LogP contribution in [0.2, 0.25) is 0 Å². The average molecular weight is 799 g/mol. The molecule has 0 unspecified atom stereocenters. The Hall–Kier alpha value is -4.46. The van der Waals surface area contributed by atoms with E-state index in [2.05, 4.69) is 65.8 Å². The molecular weight excluding hydrogens is 729 g/mol. The number of carbonyl (C=O) groups excluding carboxylic acids is 4. The minimum atomic E-state index is -0.461. The summed E-state index contributed by atoms with van der Waals surface area (Å²) in [6.45, 7) is 14.2. The summed E-state index contributed by atoms with van der Waals surface area (Å²) in [7, 11) is 0. The van der Waals surface area contributed by atoms with Gasteiger partial charge >= 0.3 is 23.9 Å². The van der Waals surface area contributed by atoms with Crippen LogP contribution in [0, 0.1) is 37.5 Å². The van der Waals surface area contributed by atoms with Gasteiger partial charge in [-0.3, -0.25) is 0 Å². The Bertz CT molecular complexity index is 1540. The maximum atomic E-state index is 12.5. The summed E-state index contributed by atoms with van der Waals surface area (Å²) >= 11 is 0. The second kappa shape index (κ2) is 27.3. The molecule has 2 saturated carbocycles. The Kier molecular flexibility index (Phi) is 22.5. The lowest BCUT2D eigenvalue weighted by Crippen LogP contribution is -2.20. The van der Waals surface area contributed by atoms with E-state index in [1.54, 1.807) is 48.5 Å². The molecule has 0 heterocycles. The molecule has 0 atom stereocenters. The number of rotatable bonds is 16. The molecule has 0 radical (unpaired) electrons. The van der Waals surface area contributed by atoms with Crippen LogP contribution < -0.4 is 0 Å². The number of hydrogen-bond acceptors (Lipinski definition) is 8. The van der Waals surface area contributed by atoms with Crippen LogP contribution in [0.1, 0.15) is 170 Å². The Morgan fingerprint density at radius 2 is 0.724 bits per heavy atom. The molecule has 8 heteroatoms. The highest BCUT2D eigenvalue weighted by atomic mass is 16.5. The van der Waals surface area contributed by atoms with Crippen molar-refractivity contribution in [2.45, 2.75) is 131 Å². The first kappa shape index (κ1) is 47.9. The number of carbonyl (C=O) groups is 4. The second-order valence-corrected chi connectivity index (χ2v) is 15.9. The molecule has 2 aliphatic carbocycles. The van der Waals surface area contributed by atoms with Crippen LogP contribution in [-0.4, -0.2) is 50.3 Å². The van der Waals surface area contributed by atoms with Crippen molar-refractivity contribution in [2.75, 3.05) is 26.4 Å². The molecule has 2 fully saturated rings. The largest absolute Gasteiger partial charge is 0.462 e. The molecule has 0 bridgehead atoms. The van der Waals surface area contributed by atoms with Gasteiger partial charge in [-0.1, -0.05) is 140 Å². The minimum absolute atomic E-state index is 0.276. The maximum absolute atomic E-state index is 12.5. The van der Waals surface area contributed by atoms with Gasteiger partial charge < -0.3 is 18.9 Å². The molecule has 3 aromatic rings. The third kappa shape index (κ3) is 16.8. The zero-order valence-electron chi connectivity index (χ0n) is 36.2. The Labute approximate surface area is 348 Å². The molecule has 0 aliphatic heterocycles. The van der Waals surface area contributed by atoms with Crippen molar-refractivity contribution in [1.29, 1.82) is 0 Å². The zero-order chi connectivity index (χ0) is 42.1. The lowest BCUT2D eigenvalue weighted by atomic mass is 9.90. The third-order valence-electron chi connectivity index (χ3n) is 11.7. The lowest BCUT2D eigenvalue weighted by Gasteiger charge is -2.22. The van der Waals surface area contributed by atoms with Crippen LogP contribution in [0.4, 0.5) is 0 Å². The van der Waals surface area contributed by atoms with E-state index in [1.165, 1.54) is 49.7 Å². The summed E-state index contributed by atoms with van der Waals surface area (Å²) in [5.41, 5.74) is 3.92. The number of ether oxygens (including phenoxy) is 4. The first-order valence-corrected chi connectivity index (χ1v) is 22.0. The predicted molar refractivity (Wildman–Crippen MR) is 231 cm³/mol. The van der Waals surface area contributed by atoms with Gasteiger partial charge in [-0.25, -0.2) is 19.2 Å². The van der Waals surface area contributed by atoms with Crippen LogP contribution in [-0.2, 0) is 18.9 Å². The van der Waals surface area contributed by atoms with Crippen LogP contribution in [0.5, 0.6) is 0 Å². The van der Waals surface area contributed by atoms with Crippen molar-refractivity contribution in [3.63, 3.8) is 0 Å². The van der Waals surface area contributed by atoms with Crippen LogP contribution in [0.3, 0.4) is 0 Å². The molecule has 8 nitrogen and oxygen atoms in total. The van der Waals surface area contributed by atoms with Gasteiger partial charge in [0, 0.05) is 0 Å². The van der Waals surface area contributed by atoms with Crippen molar-refractivity contribution >= 4 is 23.9 Å². The standard InChI is InChI=1S/C22H30O4.C20H30O4.C8H10/c23-21(25-15-17-9-3-1-4-10-17)19-13-7-8-14-20(19)22(24)26-16-18-11-5-2-6-12-18;1-5-15(6-2)13-23-19(21)17-11-9-10-12-18(17)20(22)24-14-16(7-3)8-4;1-7-5-3-4-6-8(7)2/h7-8,13-14,17-18H,1-6,9-12,15-16H2;9-12,15-16H,5-8,13-14H2,1-4H3;3-6H,1-2H3. The molecule has 0 spiro atoms. The normalized spacial score (nSPS) is 14.3. The van der Waals surface area contributed by atoms with Gasteiger partial charge in [0.1, 0.15) is 0 Å². The highest BCUT2D eigenvalue weighted by molar-refractivity contribution is 6.03. The van der Waals surface area contributed by atoms with Gasteiger partial charge in [0.25, 0.3) is 0 Å². The molecule has 0 saturated heterocycles. The smallest absolute Gasteiger partial charge is 0.339 e. The molecule has 0 aromatic heterocycles. The van der Waals surface area contributed by atoms with E-state index in [1.807, 2.05) is 0 Å². The summed E-state index contributed by atoms with van der Waals surface area (Å²) in [5, 5.41) is 0. The Morgan fingerprint density at radius 1 is 0.448 bits per heavy atom. The summed E-state index contributed by atoms with van der Waals surface area (Å²) < 4.78 is 21.8.